The molecule has 0 saturated heterocycles. The van der Waals surface area contributed by atoms with Crippen LogP contribution in [0.2, 0.25) is 0 Å². The van der Waals surface area contributed by atoms with E-state index in [-0.39, 0.29) is 17.2 Å². The van der Waals surface area contributed by atoms with Crippen LogP contribution in [0.1, 0.15) is 50.5 Å². The summed E-state index contributed by atoms with van der Waals surface area (Å²) in [5, 5.41) is 14.2. The molecule has 120 valence electrons. The summed E-state index contributed by atoms with van der Waals surface area (Å²) in [5.74, 6) is 0.908. The van der Waals surface area contributed by atoms with Gasteiger partial charge in [0, 0.05) is 6.54 Å². The van der Waals surface area contributed by atoms with Crippen molar-refractivity contribution in [1.29, 1.82) is 0 Å². The third-order valence-corrected chi connectivity index (χ3v) is 6.09. The molecule has 0 amide bonds. The minimum atomic E-state index is -3.70. The molecule has 6 nitrogen and oxygen atoms in total. The fraction of sp³-hybridized carbons (Fsp3) is 0.786. The van der Waals surface area contributed by atoms with E-state index in [2.05, 4.69) is 16.8 Å². The maximum absolute atomic E-state index is 12.3. The summed E-state index contributed by atoms with van der Waals surface area (Å²) in [7, 11) is -3.70. The smallest absolute Gasteiger partial charge is 0.246 e. The Hall–Kier alpha value is -0.920. The van der Waals surface area contributed by atoms with Crippen LogP contribution in [-0.4, -0.2) is 30.8 Å². The van der Waals surface area contributed by atoms with Crippen molar-refractivity contribution in [3.63, 3.8) is 0 Å². The van der Waals surface area contributed by atoms with E-state index < -0.39 is 15.6 Å². The SMILES string of the molecule is CCC1CCC(O)(CNS(=O)(=O)c2c(C)noc2C)CC1. The van der Waals surface area contributed by atoms with Gasteiger partial charge in [-0.15, -0.1) is 0 Å². The van der Waals surface area contributed by atoms with Crippen LogP contribution in [0.4, 0.5) is 0 Å². The highest BCUT2D eigenvalue weighted by atomic mass is 32.2. The zero-order chi connectivity index (χ0) is 15.7. The Kier molecular flexibility index (Phi) is 4.75. The second-order valence-electron chi connectivity index (χ2n) is 6.05. The molecule has 0 atom stereocenters. The van der Waals surface area contributed by atoms with Crippen LogP contribution in [0, 0.1) is 19.8 Å². The van der Waals surface area contributed by atoms with Gasteiger partial charge < -0.3 is 9.63 Å². The van der Waals surface area contributed by atoms with Crippen LogP contribution in [0.5, 0.6) is 0 Å². The molecule has 0 aliphatic heterocycles. The standard InChI is InChI=1S/C14H24N2O4S/c1-4-12-5-7-14(17,8-6-12)9-15-21(18,19)13-10(2)16-20-11(13)3/h12,15,17H,4-9H2,1-3H3. The molecule has 1 aromatic heterocycles. The zero-order valence-electron chi connectivity index (χ0n) is 12.8. The quantitative estimate of drug-likeness (QED) is 0.865. The lowest BCUT2D eigenvalue weighted by molar-refractivity contribution is -0.00443. The van der Waals surface area contributed by atoms with Crippen molar-refractivity contribution >= 4 is 10.0 Å². The Morgan fingerprint density at radius 3 is 2.48 bits per heavy atom. The number of nitrogens with zero attached hydrogens (tertiary/aromatic N) is 1. The Bertz CT molecular complexity index is 567. The topological polar surface area (TPSA) is 92.4 Å². The van der Waals surface area contributed by atoms with Crippen LogP contribution in [-0.2, 0) is 10.0 Å². The molecule has 1 saturated carbocycles. The van der Waals surface area contributed by atoms with Crippen LogP contribution < -0.4 is 4.72 Å². The molecular formula is C14H24N2O4S. The number of aliphatic hydroxyl groups is 1. The number of aryl methyl sites for hydroxylation is 2. The van der Waals surface area contributed by atoms with E-state index in [0.29, 0.717) is 24.5 Å². The van der Waals surface area contributed by atoms with E-state index in [1.165, 1.54) is 0 Å². The highest BCUT2D eigenvalue weighted by molar-refractivity contribution is 7.89. The summed E-state index contributed by atoms with van der Waals surface area (Å²) in [6, 6.07) is 0. The predicted octanol–water partition coefficient (Wildman–Crippen LogP) is 1.90. The molecule has 1 fully saturated rings. The number of sulfonamides is 1. The van der Waals surface area contributed by atoms with Gasteiger partial charge in [0.2, 0.25) is 10.0 Å². The highest BCUT2D eigenvalue weighted by Crippen LogP contribution is 2.33. The van der Waals surface area contributed by atoms with E-state index in [9.17, 15) is 13.5 Å². The fourth-order valence-corrected chi connectivity index (χ4v) is 4.40. The van der Waals surface area contributed by atoms with Gasteiger partial charge >= 0.3 is 0 Å². The highest BCUT2D eigenvalue weighted by Gasteiger charge is 2.35. The third-order valence-electron chi connectivity index (χ3n) is 4.44. The number of rotatable bonds is 5. The van der Waals surface area contributed by atoms with Crippen molar-refractivity contribution in [1.82, 2.24) is 9.88 Å². The van der Waals surface area contributed by atoms with E-state index in [1.54, 1.807) is 13.8 Å². The monoisotopic (exact) mass is 316 g/mol. The summed E-state index contributed by atoms with van der Waals surface area (Å²) in [6.07, 6.45) is 4.27. The number of nitrogens with one attached hydrogen (secondary N) is 1. The first-order valence-electron chi connectivity index (χ1n) is 7.42. The van der Waals surface area contributed by atoms with Gasteiger partial charge in [-0.05, 0) is 45.4 Å². The van der Waals surface area contributed by atoms with Crippen LogP contribution in [0.15, 0.2) is 9.42 Å². The van der Waals surface area contributed by atoms with Gasteiger partial charge in [-0.2, -0.15) is 0 Å². The van der Waals surface area contributed by atoms with Gasteiger partial charge in [0.05, 0.1) is 5.60 Å². The van der Waals surface area contributed by atoms with E-state index >= 15 is 0 Å². The fourth-order valence-electron chi connectivity index (χ4n) is 2.96. The van der Waals surface area contributed by atoms with Crippen molar-refractivity contribution in [3.8, 4) is 0 Å². The van der Waals surface area contributed by atoms with Crippen molar-refractivity contribution in [2.24, 2.45) is 5.92 Å². The molecule has 1 aromatic rings. The Morgan fingerprint density at radius 2 is 2.00 bits per heavy atom. The summed E-state index contributed by atoms with van der Waals surface area (Å²) in [4.78, 5) is 0.0772. The molecule has 0 spiro atoms. The number of aromatic nitrogens is 1. The summed E-state index contributed by atoms with van der Waals surface area (Å²) in [6.45, 7) is 5.34. The minimum Gasteiger partial charge on any atom is -0.389 e. The average molecular weight is 316 g/mol. The normalized spacial score (nSPS) is 27.0. The number of hydrogen-bond donors (Lipinski definition) is 2. The molecule has 7 heteroatoms. The molecular weight excluding hydrogens is 292 g/mol. The Morgan fingerprint density at radius 1 is 1.38 bits per heavy atom. The van der Waals surface area contributed by atoms with Gasteiger partial charge in [-0.3, -0.25) is 0 Å². The zero-order valence-corrected chi connectivity index (χ0v) is 13.7. The first-order chi connectivity index (χ1) is 9.77. The molecule has 2 rings (SSSR count). The molecule has 0 bridgehead atoms. The molecule has 1 aliphatic carbocycles. The van der Waals surface area contributed by atoms with Crippen molar-refractivity contribution in [3.05, 3.63) is 11.5 Å². The van der Waals surface area contributed by atoms with Gasteiger partial charge in [0.1, 0.15) is 10.6 Å². The second kappa shape index (κ2) is 6.06. The van der Waals surface area contributed by atoms with Crippen LogP contribution >= 0.6 is 0 Å². The van der Waals surface area contributed by atoms with E-state index in [0.717, 1.165) is 19.3 Å². The average Bonchev–Trinajstić information content (AvgIpc) is 2.78. The first kappa shape index (κ1) is 16.5. The molecule has 21 heavy (non-hydrogen) atoms. The Balaban J connectivity index is 2.03. The van der Waals surface area contributed by atoms with Gasteiger partial charge in [0.25, 0.3) is 0 Å². The lowest BCUT2D eigenvalue weighted by Crippen LogP contribution is -2.45. The largest absolute Gasteiger partial charge is 0.389 e. The molecule has 0 aromatic carbocycles. The third kappa shape index (κ3) is 3.64. The van der Waals surface area contributed by atoms with Crippen molar-refractivity contribution in [2.45, 2.75) is 63.4 Å². The van der Waals surface area contributed by atoms with Gasteiger partial charge in [-0.25, -0.2) is 13.1 Å². The molecule has 0 radical (unpaired) electrons. The van der Waals surface area contributed by atoms with E-state index in [4.69, 9.17) is 4.52 Å². The number of hydrogen-bond acceptors (Lipinski definition) is 5. The maximum atomic E-state index is 12.3. The predicted molar refractivity (Wildman–Crippen MR) is 78.4 cm³/mol. The van der Waals surface area contributed by atoms with Crippen molar-refractivity contribution < 1.29 is 18.0 Å². The first-order valence-corrected chi connectivity index (χ1v) is 8.90. The molecule has 0 unspecified atom stereocenters. The summed E-state index contributed by atoms with van der Waals surface area (Å²) in [5.41, 5.74) is -0.612. The van der Waals surface area contributed by atoms with Gasteiger partial charge in [0.15, 0.2) is 5.76 Å². The maximum Gasteiger partial charge on any atom is 0.246 e. The van der Waals surface area contributed by atoms with Crippen LogP contribution in [0.3, 0.4) is 0 Å². The summed E-state index contributed by atoms with van der Waals surface area (Å²) >= 11 is 0. The molecule has 1 heterocycles. The Labute approximate surface area is 126 Å². The van der Waals surface area contributed by atoms with Gasteiger partial charge in [-0.1, -0.05) is 18.5 Å². The summed E-state index contributed by atoms with van der Waals surface area (Å²) < 4.78 is 32.0. The second-order valence-corrected chi connectivity index (χ2v) is 7.76. The van der Waals surface area contributed by atoms with Crippen LogP contribution in [0.25, 0.3) is 0 Å². The minimum absolute atomic E-state index is 0.0375. The van der Waals surface area contributed by atoms with Crippen molar-refractivity contribution in [2.75, 3.05) is 6.54 Å². The molecule has 2 N–H and O–H groups in total. The lowest BCUT2D eigenvalue weighted by Gasteiger charge is -2.35. The van der Waals surface area contributed by atoms with E-state index in [1.807, 2.05) is 0 Å². The molecule has 1 aliphatic rings. The lowest BCUT2D eigenvalue weighted by atomic mass is 9.78.